The molecule has 7 nitrogen and oxygen atoms in total. The van der Waals surface area contributed by atoms with Crippen molar-refractivity contribution in [2.45, 2.75) is 91.3 Å². The number of anilines is 1. The van der Waals surface area contributed by atoms with E-state index in [4.69, 9.17) is 0 Å². The third kappa shape index (κ3) is 8.32. The van der Waals surface area contributed by atoms with E-state index < -0.39 is 16.1 Å². The third-order valence-electron chi connectivity index (χ3n) is 7.38. The normalized spacial score (nSPS) is 15.1. The molecule has 1 aliphatic rings. The first-order valence-electron chi connectivity index (χ1n) is 13.7. The Kier molecular flexibility index (Phi) is 10.4. The summed E-state index contributed by atoms with van der Waals surface area (Å²) < 4.78 is 26.7. The van der Waals surface area contributed by atoms with Gasteiger partial charge >= 0.3 is 0 Å². The largest absolute Gasteiger partial charge is 0.352 e. The van der Waals surface area contributed by atoms with E-state index in [1.165, 1.54) is 17.0 Å². The number of nitrogens with one attached hydrogen (secondary N) is 1. The Labute approximate surface area is 228 Å². The molecule has 0 spiro atoms. The van der Waals surface area contributed by atoms with Gasteiger partial charge in [0.25, 0.3) is 0 Å². The number of benzene rings is 2. The molecule has 1 saturated carbocycles. The number of amides is 2. The van der Waals surface area contributed by atoms with Crippen LogP contribution in [0.3, 0.4) is 0 Å². The van der Waals surface area contributed by atoms with Crippen LogP contribution in [0.1, 0.15) is 74.1 Å². The van der Waals surface area contributed by atoms with Gasteiger partial charge in [0.15, 0.2) is 0 Å². The second-order valence-corrected chi connectivity index (χ2v) is 12.7. The fourth-order valence-electron chi connectivity index (χ4n) is 5.01. The summed E-state index contributed by atoms with van der Waals surface area (Å²) >= 11 is 0. The van der Waals surface area contributed by atoms with Crippen LogP contribution in [0.15, 0.2) is 42.5 Å². The average molecular weight is 542 g/mol. The SMILES string of the molecule is Cc1ccc(CN(C(=O)CCCN(c2cc(C)ccc2C)S(C)(=O)=O)[C@H](C)C(=O)NC2CCCCC2)cc1. The summed E-state index contributed by atoms with van der Waals surface area (Å²) in [6.45, 7) is 8.12. The van der Waals surface area contributed by atoms with E-state index in [1.54, 1.807) is 11.8 Å². The predicted molar refractivity (Wildman–Crippen MR) is 154 cm³/mol. The van der Waals surface area contributed by atoms with Crippen LogP contribution in [0.4, 0.5) is 5.69 Å². The van der Waals surface area contributed by atoms with Gasteiger partial charge in [-0.05, 0) is 69.7 Å². The van der Waals surface area contributed by atoms with E-state index >= 15 is 0 Å². The highest BCUT2D eigenvalue weighted by Crippen LogP contribution is 2.25. The molecule has 8 heteroatoms. The zero-order chi connectivity index (χ0) is 27.9. The molecule has 0 saturated heterocycles. The molecule has 1 fully saturated rings. The van der Waals surface area contributed by atoms with E-state index in [-0.39, 0.29) is 30.8 Å². The fourth-order valence-corrected chi connectivity index (χ4v) is 6.03. The quantitative estimate of drug-likeness (QED) is 0.433. The van der Waals surface area contributed by atoms with Gasteiger partial charge in [-0.2, -0.15) is 0 Å². The lowest BCUT2D eigenvalue weighted by atomic mass is 9.95. The van der Waals surface area contributed by atoms with Crippen molar-refractivity contribution in [2.24, 2.45) is 0 Å². The highest BCUT2D eigenvalue weighted by molar-refractivity contribution is 7.92. The van der Waals surface area contributed by atoms with Gasteiger partial charge in [0, 0.05) is 25.6 Å². The molecule has 1 aliphatic carbocycles. The topological polar surface area (TPSA) is 86.8 Å². The van der Waals surface area contributed by atoms with Crippen molar-refractivity contribution in [3.63, 3.8) is 0 Å². The zero-order valence-electron chi connectivity index (χ0n) is 23.5. The highest BCUT2D eigenvalue weighted by atomic mass is 32.2. The number of hydrogen-bond donors (Lipinski definition) is 1. The highest BCUT2D eigenvalue weighted by Gasteiger charge is 2.28. The number of sulfonamides is 1. The van der Waals surface area contributed by atoms with E-state index in [0.29, 0.717) is 18.7 Å². The standard InChI is InChI=1S/C30H43N3O4S/c1-22-14-17-26(18-15-22)21-32(25(4)30(35)31-27-10-7-6-8-11-27)29(34)12-9-19-33(38(5,36)37)28-20-23(2)13-16-24(28)3/h13-18,20,25,27H,6-12,19,21H2,1-5H3,(H,31,35)/t25-/m1/s1. The fraction of sp³-hybridized carbons (Fsp3) is 0.533. The van der Waals surface area contributed by atoms with Gasteiger partial charge in [-0.1, -0.05) is 61.2 Å². The minimum atomic E-state index is -3.53. The van der Waals surface area contributed by atoms with Crippen molar-refractivity contribution in [1.29, 1.82) is 0 Å². The number of carbonyl (C=O) groups excluding carboxylic acids is 2. The summed E-state index contributed by atoms with van der Waals surface area (Å²) in [4.78, 5) is 28.3. The maximum atomic E-state index is 13.5. The zero-order valence-corrected chi connectivity index (χ0v) is 24.3. The Morgan fingerprint density at radius 1 is 0.974 bits per heavy atom. The van der Waals surface area contributed by atoms with Crippen LogP contribution < -0.4 is 9.62 Å². The predicted octanol–water partition coefficient (Wildman–Crippen LogP) is 5.02. The van der Waals surface area contributed by atoms with Crippen LogP contribution in [-0.2, 0) is 26.2 Å². The van der Waals surface area contributed by atoms with Crippen molar-refractivity contribution in [1.82, 2.24) is 10.2 Å². The molecule has 2 aromatic rings. The summed E-state index contributed by atoms with van der Waals surface area (Å²) in [5.74, 6) is -0.295. The molecule has 38 heavy (non-hydrogen) atoms. The van der Waals surface area contributed by atoms with Gasteiger partial charge in [0.1, 0.15) is 6.04 Å². The van der Waals surface area contributed by atoms with Crippen LogP contribution in [0, 0.1) is 20.8 Å². The summed E-state index contributed by atoms with van der Waals surface area (Å²) in [5.41, 5.74) is 4.55. The number of carbonyl (C=O) groups is 2. The molecule has 2 amide bonds. The van der Waals surface area contributed by atoms with Crippen LogP contribution in [0.2, 0.25) is 0 Å². The molecule has 0 aromatic heterocycles. The van der Waals surface area contributed by atoms with Crippen LogP contribution >= 0.6 is 0 Å². The second-order valence-electron chi connectivity index (χ2n) is 10.8. The molecule has 2 aromatic carbocycles. The van der Waals surface area contributed by atoms with Crippen molar-refractivity contribution in [2.75, 3.05) is 17.1 Å². The summed E-state index contributed by atoms with van der Waals surface area (Å²) in [6.07, 6.45) is 7.06. The molecule has 0 heterocycles. The van der Waals surface area contributed by atoms with Crippen molar-refractivity contribution < 1.29 is 18.0 Å². The van der Waals surface area contributed by atoms with Crippen molar-refractivity contribution in [3.8, 4) is 0 Å². The van der Waals surface area contributed by atoms with Crippen LogP contribution in [0.5, 0.6) is 0 Å². The van der Waals surface area contributed by atoms with Gasteiger partial charge in [-0.25, -0.2) is 8.42 Å². The lowest BCUT2D eigenvalue weighted by Crippen LogP contribution is -2.50. The minimum absolute atomic E-state index is 0.134. The van der Waals surface area contributed by atoms with E-state index in [0.717, 1.165) is 47.9 Å². The molecular formula is C30H43N3O4S. The van der Waals surface area contributed by atoms with Crippen LogP contribution in [-0.4, -0.2) is 50.0 Å². The number of nitrogens with zero attached hydrogens (tertiary/aromatic N) is 2. The number of hydrogen-bond acceptors (Lipinski definition) is 4. The Morgan fingerprint density at radius 2 is 1.61 bits per heavy atom. The first-order valence-corrected chi connectivity index (χ1v) is 15.5. The molecule has 208 valence electrons. The molecular weight excluding hydrogens is 498 g/mol. The van der Waals surface area contributed by atoms with Crippen molar-refractivity contribution in [3.05, 3.63) is 64.7 Å². The van der Waals surface area contributed by atoms with Gasteiger partial charge in [-0.15, -0.1) is 0 Å². The first kappa shape index (κ1) is 29.7. The first-order chi connectivity index (χ1) is 18.0. The lowest BCUT2D eigenvalue weighted by molar-refractivity contribution is -0.141. The molecule has 1 atom stereocenters. The van der Waals surface area contributed by atoms with Gasteiger partial charge in [-0.3, -0.25) is 13.9 Å². The second kappa shape index (κ2) is 13.3. The van der Waals surface area contributed by atoms with E-state index in [1.807, 2.05) is 63.2 Å². The molecule has 0 radical (unpaired) electrons. The molecule has 3 rings (SSSR count). The maximum absolute atomic E-state index is 13.5. The van der Waals surface area contributed by atoms with E-state index in [2.05, 4.69) is 5.32 Å². The number of aryl methyl sites for hydroxylation is 3. The van der Waals surface area contributed by atoms with Gasteiger partial charge in [0.2, 0.25) is 21.8 Å². The average Bonchev–Trinajstić information content (AvgIpc) is 2.87. The lowest BCUT2D eigenvalue weighted by Gasteiger charge is -2.31. The smallest absolute Gasteiger partial charge is 0.242 e. The summed E-state index contributed by atoms with van der Waals surface area (Å²) in [5, 5.41) is 3.16. The van der Waals surface area contributed by atoms with Gasteiger partial charge < -0.3 is 10.2 Å². The van der Waals surface area contributed by atoms with E-state index in [9.17, 15) is 18.0 Å². The Balaban J connectivity index is 1.73. The monoisotopic (exact) mass is 541 g/mol. The third-order valence-corrected chi connectivity index (χ3v) is 8.56. The van der Waals surface area contributed by atoms with Gasteiger partial charge in [0.05, 0.1) is 11.9 Å². The number of rotatable bonds is 11. The summed E-state index contributed by atoms with van der Waals surface area (Å²) in [7, 11) is -3.53. The Morgan fingerprint density at radius 3 is 2.24 bits per heavy atom. The minimum Gasteiger partial charge on any atom is -0.352 e. The summed E-state index contributed by atoms with van der Waals surface area (Å²) in [6, 6.07) is 13.2. The molecule has 0 aliphatic heterocycles. The Hall–Kier alpha value is -2.87. The maximum Gasteiger partial charge on any atom is 0.242 e. The Bertz CT molecular complexity index is 1200. The molecule has 0 unspecified atom stereocenters. The molecule has 1 N–H and O–H groups in total. The van der Waals surface area contributed by atoms with Crippen LogP contribution in [0.25, 0.3) is 0 Å². The van der Waals surface area contributed by atoms with Crippen molar-refractivity contribution >= 4 is 27.5 Å². The molecule has 0 bridgehead atoms.